The molecule has 0 aliphatic carbocycles. The Kier molecular flexibility index (Phi) is 8.27. The quantitative estimate of drug-likeness (QED) is 0.139. The zero-order valence-electron chi connectivity index (χ0n) is 23.9. The van der Waals surface area contributed by atoms with Gasteiger partial charge >= 0.3 is 19.5 Å². The van der Waals surface area contributed by atoms with Gasteiger partial charge in [0.15, 0.2) is 0 Å². The van der Waals surface area contributed by atoms with Crippen LogP contribution in [0.3, 0.4) is 0 Å². The third kappa shape index (κ3) is 5.05. The van der Waals surface area contributed by atoms with Crippen LogP contribution < -0.4 is 9.97 Å². The molecule has 0 amide bonds. The Morgan fingerprint density at radius 2 is 0.510 bits per heavy atom. The van der Waals surface area contributed by atoms with E-state index in [0.717, 1.165) is 0 Å². The van der Waals surface area contributed by atoms with E-state index in [0.29, 0.717) is 84.0 Å². The molecule has 234 valence electrons. The van der Waals surface area contributed by atoms with Gasteiger partial charge in [0.2, 0.25) is 0 Å². The summed E-state index contributed by atoms with van der Waals surface area (Å²) < 4.78 is 0. The first-order chi connectivity index (χ1) is 23.1. The van der Waals surface area contributed by atoms with E-state index in [1.165, 1.54) is 0 Å². The fourth-order valence-corrected chi connectivity index (χ4v) is 7.79. The van der Waals surface area contributed by atoms with Gasteiger partial charge in [-0.1, -0.05) is 92.8 Å². The first-order valence-electron chi connectivity index (χ1n) is 13.7. The van der Waals surface area contributed by atoms with E-state index < -0.39 is 0 Å². The minimum Gasteiger partial charge on any atom is -0.357 e. The molecule has 3 aromatic heterocycles. The van der Waals surface area contributed by atoms with Crippen LogP contribution in [0, 0.1) is 0 Å². The van der Waals surface area contributed by atoms with Crippen molar-refractivity contribution < 1.29 is 19.5 Å². The molecule has 0 saturated carbocycles. The summed E-state index contributed by atoms with van der Waals surface area (Å²) in [5.74, 6) is 0.682. The van der Waals surface area contributed by atoms with Crippen molar-refractivity contribution in [1.29, 1.82) is 0 Å². The average Bonchev–Trinajstić information content (AvgIpc) is 3.80. The van der Waals surface area contributed by atoms with Crippen molar-refractivity contribution in [3.8, 4) is 45.6 Å². The minimum absolute atomic E-state index is 0. The van der Waals surface area contributed by atoms with Gasteiger partial charge in [0, 0.05) is 86.5 Å². The van der Waals surface area contributed by atoms with Crippen LogP contribution in [0.4, 0.5) is 0 Å². The Bertz CT molecular complexity index is 2430. The molecule has 2 aliphatic heterocycles. The average molecular weight is 853 g/mol. The van der Waals surface area contributed by atoms with Crippen LogP contribution >= 0.6 is 92.8 Å². The Labute approximate surface area is 327 Å². The molecule has 0 fully saturated rings. The van der Waals surface area contributed by atoms with Crippen LogP contribution in [0.1, 0.15) is 0 Å². The van der Waals surface area contributed by atoms with E-state index in [4.69, 9.17) is 133 Å². The molecule has 7 aromatic rings. The smallest absolute Gasteiger partial charge is 0.357 e. The topological polar surface area (TPSA) is 106 Å². The van der Waals surface area contributed by atoms with Crippen molar-refractivity contribution >= 4 is 137 Å². The van der Waals surface area contributed by atoms with Crippen LogP contribution in [0.15, 0.2) is 48.5 Å². The summed E-state index contributed by atoms with van der Waals surface area (Å²) >= 11 is 53.9. The molecule has 2 aliphatic rings. The number of aromatic nitrogens is 8. The molecule has 5 heterocycles. The number of benzene rings is 4. The third-order valence-electron chi connectivity index (χ3n) is 7.90. The fourth-order valence-electron chi connectivity index (χ4n) is 5.85. The summed E-state index contributed by atoms with van der Waals surface area (Å²) in [6.45, 7) is 0. The predicted molar refractivity (Wildman–Crippen MR) is 194 cm³/mol. The monoisotopic (exact) mass is 848 g/mol. The Balaban J connectivity index is 0.00000348. The van der Waals surface area contributed by atoms with Crippen LogP contribution in [0.2, 0.25) is 40.2 Å². The molecule has 9 rings (SSSR count). The predicted octanol–water partition coefficient (Wildman–Crippen LogP) is 11.4. The van der Waals surface area contributed by atoms with E-state index in [2.05, 4.69) is 0 Å². The maximum Gasteiger partial charge on any atom is 2.00 e. The van der Waals surface area contributed by atoms with Crippen LogP contribution in [-0.4, -0.2) is 29.9 Å². The maximum atomic E-state index is 6.74. The maximum absolute atomic E-state index is 6.74. The summed E-state index contributed by atoms with van der Waals surface area (Å²) in [5, 5.41) is 4.34. The van der Waals surface area contributed by atoms with Crippen molar-refractivity contribution in [2.75, 3.05) is 0 Å². The number of nitrogens with zero attached hydrogens (tertiary/aromatic N) is 8. The number of fused-ring (bicyclic) bond motifs is 20. The van der Waals surface area contributed by atoms with E-state index in [9.17, 15) is 0 Å². The van der Waals surface area contributed by atoms with Gasteiger partial charge in [-0.15, -0.1) is 0 Å². The number of hydrogen-bond acceptors (Lipinski definition) is 6. The van der Waals surface area contributed by atoms with Crippen molar-refractivity contribution in [1.82, 2.24) is 39.9 Å². The SMILES string of the molecule is Clc1ccc(Cl)c2c1-c1nc-2nc2[n-]c(nc3nc(nc4[n-]c(n1)c1c(Cl)ccc(Cl)c41)-c1c(Cl)ccc(Cl)c1-3)c1c(Cl)ccc(Cl)c21.[Zn+2]. The fraction of sp³-hybridized carbons (Fsp3) is 0. The van der Waals surface area contributed by atoms with Gasteiger partial charge in [0.1, 0.15) is 0 Å². The number of rotatable bonds is 0. The van der Waals surface area contributed by atoms with Crippen LogP contribution in [-0.2, 0) is 19.5 Å². The molecular formula is C32H8Cl8N8Zn. The third-order valence-corrected chi connectivity index (χ3v) is 10.4. The summed E-state index contributed by atoms with van der Waals surface area (Å²) in [4.78, 5) is 38.4. The van der Waals surface area contributed by atoms with Crippen molar-refractivity contribution in [2.45, 2.75) is 0 Å². The Hall–Kier alpha value is -2.82. The van der Waals surface area contributed by atoms with Crippen molar-refractivity contribution in [3.63, 3.8) is 0 Å². The van der Waals surface area contributed by atoms with Gasteiger partial charge < -0.3 is 29.9 Å². The molecule has 17 heteroatoms. The molecular weight excluding hydrogens is 845 g/mol. The van der Waals surface area contributed by atoms with Gasteiger partial charge in [0.05, 0.1) is 43.4 Å². The van der Waals surface area contributed by atoms with E-state index >= 15 is 0 Å². The second-order valence-electron chi connectivity index (χ2n) is 10.6. The first kappa shape index (κ1) is 33.3. The summed E-state index contributed by atoms with van der Waals surface area (Å²) in [7, 11) is 0. The van der Waals surface area contributed by atoms with E-state index in [-0.39, 0.29) is 65.4 Å². The zero-order chi connectivity index (χ0) is 33.2. The first-order valence-corrected chi connectivity index (χ1v) is 16.8. The largest absolute Gasteiger partial charge is 2.00 e. The molecule has 8 bridgehead atoms. The van der Waals surface area contributed by atoms with E-state index in [1.54, 1.807) is 48.5 Å². The molecule has 49 heavy (non-hydrogen) atoms. The molecule has 0 saturated heterocycles. The second kappa shape index (κ2) is 12.2. The summed E-state index contributed by atoms with van der Waals surface area (Å²) in [6, 6.07) is 13.1. The Morgan fingerprint density at radius 3 is 0.735 bits per heavy atom. The molecule has 0 spiro atoms. The summed E-state index contributed by atoms with van der Waals surface area (Å²) in [5.41, 5.74) is 2.40. The van der Waals surface area contributed by atoms with E-state index in [1.807, 2.05) is 0 Å². The molecule has 0 radical (unpaired) electrons. The normalized spacial score (nSPS) is 11.9. The standard InChI is InChI=1S/C32H8Cl8N8.Zn/c33-9-1-2-10(34)18-17(9)25-41-26(18)46-28-21-13(37)5-6-14(38)22(21)30(43-28)48-32-24-16(40)8-7-15(39)23(24)31(44-32)47-29-20-12(36)4-3-11(35)19(20)27(42-29)45-25;/h1-8H;/q-2;+2. The zero-order valence-corrected chi connectivity index (χ0v) is 32.9. The van der Waals surface area contributed by atoms with Gasteiger partial charge in [-0.25, -0.2) is 9.97 Å². The summed E-state index contributed by atoms with van der Waals surface area (Å²) in [6.07, 6.45) is 0. The van der Waals surface area contributed by atoms with Crippen LogP contribution in [0.5, 0.6) is 0 Å². The Morgan fingerprint density at radius 1 is 0.306 bits per heavy atom. The van der Waals surface area contributed by atoms with Gasteiger partial charge in [0.25, 0.3) is 0 Å². The van der Waals surface area contributed by atoms with Gasteiger partial charge in [-0.05, 0) is 48.5 Å². The van der Waals surface area contributed by atoms with Crippen molar-refractivity contribution in [2.24, 2.45) is 0 Å². The minimum atomic E-state index is 0. The van der Waals surface area contributed by atoms with Crippen LogP contribution in [0.25, 0.3) is 89.7 Å². The van der Waals surface area contributed by atoms with Gasteiger partial charge in [-0.3, -0.25) is 0 Å². The van der Waals surface area contributed by atoms with Crippen molar-refractivity contribution in [3.05, 3.63) is 88.7 Å². The molecule has 8 nitrogen and oxygen atoms in total. The van der Waals surface area contributed by atoms with Gasteiger partial charge in [-0.2, -0.15) is 0 Å². The molecule has 0 atom stereocenters. The molecule has 4 aromatic carbocycles. The number of hydrogen-bond donors (Lipinski definition) is 0. The number of halogens is 8. The second-order valence-corrected chi connectivity index (χ2v) is 13.9. The molecule has 0 N–H and O–H groups in total. The molecule has 0 unspecified atom stereocenters.